The van der Waals surface area contributed by atoms with Gasteiger partial charge in [0.2, 0.25) is 0 Å². The van der Waals surface area contributed by atoms with Crippen molar-refractivity contribution >= 4 is 0 Å². The number of pyridine rings is 12. The molecule has 0 bridgehead atoms. The molecule has 16 heteroatoms. The first-order valence-corrected chi connectivity index (χ1v) is 42.8. The fourth-order valence-corrected chi connectivity index (χ4v) is 13.0. The largest absolute Gasteiger partial charge is 0.305 e. The van der Waals surface area contributed by atoms with Gasteiger partial charge in [0, 0.05) is 182 Å². The number of aromatic nitrogens is 12. The molecule has 0 saturated carbocycles. The molecule has 0 aliphatic heterocycles. The van der Waals surface area contributed by atoms with Gasteiger partial charge >= 0.3 is 0 Å². The van der Waals surface area contributed by atoms with Gasteiger partial charge in [-0.15, -0.1) is 263 Å². The standard InChI is InChI=1S/2C18H15N2.2C17H13N2.4C13H12N.4Ir/c2*1-2-14-9-11-20-18(12-14)16-7-5-6-15(13-16)17-8-3-4-10-19-17;2*1-13-8-10-19-17(11-13)15-6-4-5-14(12-15)16-7-2-3-9-18-16;4*1-10-8-13(14-9-11(10)2)12-6-4-3-5-7-12;;;;/h2*3-6,8-13H,2H2,1H3;2*2-5,7-12H,1H3;4*3-6,8-9H,1-2H3;;;;/q8*-1;;;;/i1D3,2D2;;1D3;;4*2D3;;;;. The summed E-state index contributed by atoms with van der Waals surface area (Å²) in [6, 6.07) is 122. The Balaban J connectivity index is 0.000000199. The fourth-order valence-electron chi connectivity index (χ4n) is 13.0. The quantitative estimate of drug-likeness (QED) is 0.0952. The maximum Gasteiger partial charge on any atom is 0.0518 e. The van der Waals surface area contributed by atoms with Crippen LogP contribution in [0.1, 0.15) is 108 Å². The van der Waals surface area contributed by atoms with Crippen molar-refractivity contribution < 1.29 is 108 Å². The zero-order chi connectivity index (χ0) is 110. The summed E-state index contributed by atoms with van der Waals surface area (Å²) in [5.41, 5.74) is 27.3. The number of aryl methyl sites for hydroxylation is 12. The Morgan fingerprint density at radius 3 is 0.746 bits per heavy atom. The van der Waals surface area contributed by atoms with E-state index in [2.05, 4.69) is 146 Å². The minimum Gasteiger partial charge on any atom is -0.305 e. The molecule has 20 aromatic rings. The molecule has 0 N–H and O–H groups in total. The summed E-state index contributed by atoms with van der Waals surface area (Å²) in [4.78, 5) is 51.4. The smallest absolute Gasteiger partial charge is 0.0518 e. The number of nitrogens with zero attached hydrogens (tertiary/aromatic N) is 12. The molecule has 4 radical (unpaired) electrons. The molecule has 12 aromatic heterocycles. The molecule has 0 atom stereocenters. The third kappa shape index (κ3) is 32.7. The third-order valence-electron chi connectivity index (χ3n) is 20.3. The Morgan fingerprint density at radius 2 is 0.478 bits per heavy atom. The topological polar surface area (TPSA) is 155 Å². The third-order valence-corrected chi connectivity index (χ3v) is 20.3. The van der Waals surface area contributed by atoms with E-state index in [0.717, 1.165) is 147 Å². The first-order chi connectivity index (χ1) is 73.4. The van der Waals surface area contributed by atoms with Crippen LogP contribution in [0.5, 0.6) is 0 Å². The maximum atomic E-state index is 7.91. The van der Waals surface area contributed by atoms with Crippen molar-refractivity contribution in [3.63, 3.8) is 0 Å². The molecule has 0 aliphatic carbocycles. The Labute approximate surface area is 896 Å². The Morgan fingerprint density at radius 1 is 0.217 bits per heavy atom. The van der Waals surface area contributed by atoms with Gasteiger partial charge in [-0.1, -0.05) is 153 Å². The van der Waals surface area contributed by atoms with Crippen LogP contribution in [0, 0.1) is 117 Å². The van der Waals surface area contributed by atoms with Gasteiger partial charge in [0.25, 0.3) is 0 Å². The van der Waals surface area contributed by atoms with Crippen LogP contribution in [0.4, 0.5) is 0 Å². The van der Waals surface area contributed by atoms with E-state index in [9.17, 15) is 0 Å². The first kappa shape index (κ1) is 81.3. The van der Waals surface area contributed by atoms with E-state index in [4.69, 9.17) is 27.4 Å². The fraction of sp³-hybridized carbons (Fsp3) is 0.115. The number of rotatable bonds is 14. The Hall–Kier alpha value is -13.8. The van der Waals surface area contributed by atoms with Gasteiger partial charge in [0.15, 0.2) is 0 Å². The van der Waals surface area contributed by atoms with E-state index in [1.807, 2.05) is 249 Å². The second-order valence-electron chi connectivity index (χ2n) is 30.1. The van der Waals surface area contributed by atoms with Crippen LogP contribution in [0.15, 0.2) is 390 Å². The van der Waals surface area contributed by atoms with E-state index < -0.39 is 47.5 Å². The van der Waals surface area contributed by atoms with Gasteiger partial charge in [0.1, 0.15) is 0 Å². The van der Waals surface area contributed by atoms with Crippen molar-refractivity contribution in [2.24, 2.45) is 0 Å². The summed E-state index contributed by atoms with van der Waals surface area (Å²) in [7, 11) is 0. The van der Waals surface area contributed by atoms with Gasteiger partial charge in [0.05, 0.1) is 22.8 Å². The van der Waals surface area contributed by atoms with E-state index in [1.165, 1.54) is 66.5 Å². The van der Waals surface area contributed by atoms with Crippen molar-refractivity contribution in [3.8, 4) is 135 Å². The van der Waals surface area contributed by atoms with Crippen LogP contribution >= 0.6 is 0 Å². The zero-order valence-electron chi connectivity index (χ0n) is 95.9. The molecular weight excluding hydrogens is 2400 g/mol. The van der Waals surface area contributed by atoms with Crippen molar-refractivity contribution in [1.82, 2.24) is 59.8 Å². The summed E-state index contributed by atoms with van der Waals surface area (Å²) >= 11 is 0. The molecule has 20 rings (SSSR count). The average Bonchev–Trinajstić information content (AvgIpc) is 0.782. The van der Waals surface area contributed by atoms with Crippen LogP contribution in [0.3, 0.4) is 0 Å². The average molecular weight is 2530 g/mol. The molecule has 12 heterocycles. The molecule has 12 nitrogen and oxygen atoms in total. The van der Waals surface area contributed by atoms with Crippen molar-refractivity contribution in [1.29, 1.82) is 0 Å². The summed E-state index contributed by atoms with van der Waals surface area (Å²) < 4.78 is 149. The van der Waals surface area contributed by atoms with Gasteiger partial charge in [-0.25, -0.2) is 0 Å². The van der Waals surface area contributed by atoms with Gasteiger partial charge in [-0.2, -0.15) is 0 Å². The van der Waals surface area contributed by atoms with Gasteiger partial charge in [-0.3, -0.25) is 19.9 Å². The second kappa shape index (κ2) is 56.6. The van der Waals surface area contributed by atoms with E-state index in [1.54, 1.807) is 88.8 Å². The monoisotopic (exact) mass is 2530 g/mol. The molecule has 0 saturated heterocycles. The summed E-state index contributed by atoms with van der Waals surface area (Å²) in [5, 5.41) is 0. The molecule has 0 fully saturated rings. The van der Waals surface area contributed by atoms with Crippen LogP contribution in [-0.2, 0) is 93.2 Å². The van der Waals surface area contributed by atoms with Gasteiger partial charge < -0.3 is 39.9 Å². The van der Waals surface area contributed by atoms with Crippen LogP contribution in [0.2, 0.25) is 0 Å². The predicted octanol–water partition coefficient (Wildman–Crippen LogP) is 28.8. The van der Waals surface area contributed by atoms with Gasteiger partial charge in [-0.05, 0) is 222 Å². The number of hydrogen-bond donors (Lipinski definition) is 0. The molecule has 0 spiro atoms. The molecule has 0 amide bonds. The molecule has 138 heavy (non-hydrogen) atoms. The molecular formula is C122H104Ir4N12-8. The van der Waals surface area contributed by atoms with Crippen molar-refractivity contribution in [3.05, 3.63) is 505 Å². The predicted molar refractivity (Wildman–Crippen MR) is 547 cm³/mol. The molecule has 0 unspecified atom stereocenters. The van der Waals surface area contributed by atoms with Crippen LogP contribution in [0.25, 0.3) is 135 Å². The molecule has 0 aliphatic rings. The first-order valence-electron chi connectivity index (χ1n) is 52.8. The Bertz CT molecular complexity index is 7550. The summed E-state index contributed by atoms with van der Waals surface area (Å²) in [5.74, 6) is 0. The minimum absolute atomic E-state index is 0. The zero-order valence-corrected chi connectivity index (χ0v) is 85.4. The van der Waals surface area contributed by atoms with Crippen LogP contribution in [-0.4, -0.2) is 59.8 Å². The molecule has 8 aromatic carbocycles. The SMILES string of the molecule is CCc1ccnc(-c2[c-]ccc(-c3ccccn3)c2)c1.Cc1ccnc(-c2[c-]ccc(-c3ccccn3)c2)c1.[2H]C([2H])([2H])C([2H])([2H])c1ccnc(-c2[c-]ccc(-c3ccccn3)c2)c1.[2H]C([2H])([2H])c1ccnc(-c2[c-]ccc(-c3ccccn3)c2)c1.[2H]C([2H])([2H])c1cnc(-c2[c-]cccc2)cc1C.[2H]C([2H])([2H])c1cnc(-c2[c-]cccc2)cc1C.[2H]C([2H])([2H])c1cnc(-c2[c-]cccc2)cc1C.[2H]C([2H])([2H])c1cnc(-c2[c-]cccc2)cc1C.[Ir].[Ir].[Ir].[Ir]. The molecule has 696 valence electrons. The van der Waals surface area contributed by atoms with Crippen LogP contribution < -0.4 is 0 Å². The summed E-state index contributed by atoms with van der Waals surface area (Å²) in [6.07, 6.45) is 17.9. The van der Waals surface area contributed by atoms with E-state index in [-0.39, 0.29) is 91.5 Å². The van der Waals surface area contributed by atoms with Crippen molar-refractivity contribution in [2.75, 3.05) is 0 Å². The van der Waals surface area contributed by atoms with E-state index >= 15 is 0 Å². The maximum absolute atomic E-state index is 7.91. The summed E-state index contributed by atoms with van der Waals surface area (Å²) in [6.45, 7) is -1.95. The number of hydrogen-bond acceptors (Lipinski definition) is 12. The normalized spacial score (nSPS) is 12.8. The number of benzene rings is 8. The minimum atomic E-state index is -2.76. The second-order valence-corrected chi connectivity index (χ2v) is 30.1. The Kier molecular flexibility index (Phi) is 33.4. The van der Waals surface area contributed by atoms with E-state index in [0.29, 0.717) is 39.2 Å². The van der Waals surface area contributed by atoms with Crippen molar-refractivity contribution in [2.45, 2.75) is 95.4 Å².